The fourth-order valence-electron chi connectivity index (χ4n) is 4.00. The van der Waals surface area contributed by atoms with E-state index in [-0.39, 0.29) is 18.4 Å². The summed E-state index contributed by atoms with van der Waals surface area (Å²) in [4.78, 5) is 31.3. The van der Waals surface area contributed by atoms with Crippen molar-refractivity contribution >= 4 is 29.1 Å². The number of hydrogen-bond donors (Lipinski definition) is 1. The molecule has 1 aromatic heterocycles. The topological polar surface area (TPSA) is 85.7 Å². The number of piperidine rings is 1. The zero-order valence-electron chi connectivity index (χ0n) is 16.1. The quantitative estimate of drug-likeness (QED) is 0.821. The third-order valence-corrected chi connectivity index (χ3v) is 5.66. The molecule has 2 aliphatic heterocycles. The van der Waals surface area contributed by atoms with Gasteiger partial charge in [0.05, 0.1) is 6.54 Å². The molecule has 154 valence electrons. The van der Waals surface area contributed by atoms with Gasteiger partial charge in [-0.15, -0.1) is 0 Å². The van der Waals surface area contributed by atoms with E-state index < -0.39 is 11.7 Å². The van der Waals surface area contributed by atoms with Gasteiger partial charge in [0.1, 0.15) is 18.0 Å². The summed E-state index contributed by atoms with van der Waals surface area (Å²) < 4.78 is 13.3. The van der Waals surface area contributed by atoms with Gasteiger partial charge in [0.2, 0.25) is 5.91 Å². The van der Waals surface area contributed by atoms with Crippen LogP contribution in [0.25, 0.3) is 0 Å². The lowest BCUT2D eigenvalue weighted by molar-refractivity contribution is -0.173. The van der Waals surface area contributed by atoms with Gasteiger partial charge < -0.3 is 24.3 Å². The Morgan fingerprint density at radius 2 is 2.17 bits per heavy atom. The minimum atomic E-state index is -0.693. The van der Waals surface area contributed by atoms with Crippen molar-refractivity contribution in [1.82, 2.24) is 14.5 Å². The molecule has 1 spiro atoms. The number of carbonyl (C=O) groups is 2. The number of methoxy groups -OCH3 is 1. The number of hydrogen-bond acceptors (Lipinski definition) is 5. The molecule has 1 fully saturated rings. The second kappa shape index (κ2) is 8.14. The summed E-state index contributed by atoms with van der Waals surface area (Å²) in [6.45, 7) is 1.50. The van der Waals surface area contributed by atoms with Crippen molar-refractivity contribution in [2.45, 2.75) is 31.1 Å². The van der Waals surface area contributed by atoms with Gasteiger partial charge in [-0.3, -0.25) is 9.59 Å². The highest BCUT2D eigenvalue weighted by Gasteiger charge is 2.47. The average Bonchev–Trinajstić information content (AvgIpc) is 3.18. The first-order valence-electron chi connectivity index (χ1n) is 9.53. The number of rotatable bonds is 4. The second-order valence-corrected chi connectivity index (χ2v) is 7.75. The zero-order valence-corrected chi connectivity index (χ0v) is 16.9. The lowest BCUT2D eigenvalue weighted by atomic mass is 9.88. The molecular formula is C20H23ClN4O4. The monoisotopic (exact) mass is 418 g/mol. The molecule has 0 saturated carbocycles. The van der Waals surface area contributed by atoms with Crippen LogP contribution in [0.3, 0.4) is 0 Å². The number of aromatic nitrogens is 2. The molecule has 0 radical (unpaired) electrons. The van der Waals surface area contributed by atoms with Crippen molar-refractivity contribution in [3.05, 3.63) is 47.5 Å². The summed E-state index contributed by atoms with van der Waals surface area (Å²) in [7, 11) is 1.51. The Balaban J connectivity index is 1.51. The maximum Gasteiger partial charge on any atom is 0.255 e. The van der Waals surface area contributed by atoms with E-state index in [1.54, 1.807) is 35.4 Å². The first-order valence-corrected chi connectivity index (χ1v) is 9.91. The zero-order chi connectivity index (χ0) is 20.4. The van der Waals surface area contributed by atoms with E-state index in [9.17, 15) is 9.59 Å². The highest BCUT2D eigenvalue weighted by Crippen LogP contribution is 2.40. The molecule has 0 unspecified atom stereocenters. The summed E-state index contributed by atoms with van der Waals surface area (Å²) in [6.07, 6.45) is 4.06. The van der Waals surface area contributed by atoms with E-state index in [4.69, 9.17) is 21.1 Å². The van der Waals surface area contributed by atoms with Crippen LogP contribution in [0.4, 0.5) is 5.69 Å². The minimum Gasteiger partial charge on any atom is -0.375 e. The standard InChI is InChI=1S/C20H23ClN4O4/c1-28-13-17(26)24-8-5-20(6-9-24)19-22-7-10-25(19)12-16(29-20)18(27)23-15-4-2-3-14(21)11-15/h2-4,7,10-11,16H,5-6,8-9,12-13H2,1H3,(H,23,27)/t16-/m1/s1. The summed E-state index contributed by atoms with van der Waals surface area (Å²) in [6, 6.07) is 7.01. The van der Waals surface area contributed by atoms with E-state index >= 15 is 0 Å². The SMILES string of the molecule is COCC(=O)N1CCC2(CC1)O[C@@H](C(=O)Nc1cccc(Cl)c1)Cn1ccnc12. The molecule has 1 aromatic carbocycles. The number of halogens is 1. The van der Waals surface area contributed by atoms with Crippen molar-refractivity contribution in [3.8, 4) is 0 Å². The van der Waals surface area contributed by atoms with E-state index in [1.165, 1.54) is 7.11 Å². The number of anilines is 1. The second-order valence-electron chi connectivity index (χ2n) is 7.32. The Morgan fingerprint density at radius 3 is 2.90 bits per heavy atom. The van der Waals surface area contributed by atoms with Crippen LogP contribution < -0.4 is 5.32 Å². The fourth-order valence-corrected chi connectivity index (χ4v) is 4.19. The number of nitrogens with zero attached hydrogens (tertiary/aromatic N) is 3. The number of amides is 2. The molecule has 29 heavy (non-hydrogen) atoms. The van der Waals surface area contributed by atoms with Crippen molar-refractivity contribution in [2.75, 3.05) is 32.1 Å². The average molecular weight is 419 g/mol. The summed E-state index contributed by atoms with van der Waals surface area (Å²) in [5.74, 6) is 0.531. The first-order chi connectivity index (χ1) is 14.0. The van der Waals surface area contributed by atoms with Crippen LogP contribution >= 0.6 is 11.6 Å². The van der Waals surface area contributed by atoms with Crippen molar-refractivity contribution in [3.63, 3.8) is 0 Å². The van der Waals surface area contributed by atoms with Crippen LogP contribution in [-0.2, 0) is 31.2 Å². The molecule has 0 aliphatic carbocycles. The highest BCUT2D eigenvalue weighted by molar-refractivity contribution is 6.30. The number of benzene rings is 1. The van der Waals surface area contributed by atoms with Gasteiger partial charge in [-0.05, 0) is 18.2 Å². The van der Waals surface area contributed by atoms with Gasteiger partial charge in [-0.1, -0.05) is 17.7 Å². The fraction of sp³-hybridized carbons (Fsp3) is 0.450. The minimum absolute atomic E-state index is 0.0447. The maximum absolute atomic E-state index is 12.9. The van der Waals surface area contributed by atoms with Crippen molar-refractivity contribution < 1.29 is 19.1 Å². The molecule has 2 aromatic rings. The molecule has 2 amide bonds. The molecule has 8 nitrogen and oxygen atoms in total. The third kappa shape index (κ3) is 4.01. The molecule has 9 heteroatoms. The van der Waals surface area contributed by atoms with Crippen LogP contribution in [0.2, 0.25) is 5.02 Å². The Hall–Kier alpha value is -2.42. The normalized spacial score (nSPS) is 20.3. The van der Waals surface area contributed by atoms with Gasteiger partial charge in [-0.2, -0.15) is 0 Å². The predicted octanol–water partition coefficient (Wildman–Crippen LogP) is 2.04. The van der Waals surface area contributed by atoms with Crippen LogP contribution in [0.5, 0.6) is 0 Å². The largest absolute Gasteiger partial charge is 0.375 e. The summed E-state index contributed by atoms with van der Waals surface area (Å²) in [5.41, 5.74) is -0.0707. The van der Waals surface area contributed by atoms with Crippen LogP contribution in [0.1, 0.15) is 18.7 Å². The summed E-state index contributed by atoms with van der Waals surface area (Å²) >= 11 is 6.01. The molecule has 2 aliphatic rings. The van der Waals surface area contributed by atoms with Gasteiger partial charge in [0, 0.05) is 56.1 Å². The molecule has 3 heterocycles. The molecular weight excluding hydrogens is 396 g/mol. The van der Waals surface area contributed by atoms with Gasteiger partial charge in [0.25, 0.3) is 5.91 Å². The third-order valence-electron chi connectivity index (χ3n) is 5.43. The van der Waals surface area contributed by atoms with Crippen molar-refractivity contribution in [2.24, 2.45) is 0 Å². The van der Waals surface area contributed by atoms with Crippen LogP contribution in [0, 0.1) is 0 Å². The van der Waals surface area contributed by atoms with E-state index in [2.05, 4.69) is 10.3 Å². The van der Waals surface area contributed by atoms with Crippen LogP contribution in [-0.4, -0.2) is 59.2 Å². The smallest absolute Gasteiger partial charge is 0.255 e. The number of ether oxygens (including phenoxy) is 2. The maximum atomic E-state index is 12.9. The van der Waals surface area contributed by atoms with Gasteiger partial charge in [0.15, 0.2) is 6.10 Å². The Morgan fingerprint density at radius 1 is 1.38 bits per heavy atom. The molecule has 1 N–H and O–H groups in total. The van der Waals surface area contributed by atoms with E-state index in [0.717, 1.165) is 5.82 Å². The van der Waals surface area contributed by atoms with E-state index in [1.807, 2.05) is 10.8 Å². The number of carbonyl (C=O) groups excluding carboxylic acids is 2. The number of imidazole rings is 1. The molecule has 4 rings (SSSR count). The lowest BCUT2D eigenvalue weighted by Gasteiger charge is -2.45. The number of nitrogens with one attached hydrogen (secondary N) is 1. The van der Waals surface area contributed by atoms with E-state index in [0.29, 0.717) is 43.2 Å². The Bertz CT molecular complexity index is 907. The van der Waals surface area contributed by atoms with Crippen molar-refractivity contribution in [1.29, 1.82) is 0 Å². The first kappa shape index (κ1) is 19.9. The van der Waals surface area contributed by atoms with Crippen LogP contribution in [0.15, 0.2) is 36.7 Å². The Labute approximate surface area is 173 Å². The summed E-state index contributed by atoms with van der Waals surface area (Å²) in [5, 5.41) is 3.43. The number of fused-ring (bicyclic) bond motifs is 2. The molecule has 1 saturated heterocycles. The predicted molar refractivity (Wildman–Crippen MR) is 107 cm³/mol. The van der Waals surface area contributed by atoms with Gasteiger partial charge in [-0.25, -0.2) is 4.98 Å². The van der Waals surface area contributed by atoms with Gasteiger partial charge >= 0.3 is 0 Å². The molecule has 0 bridgehead atoms. The lowest BCUT2D eigenvalue weighted by Crippen LogP contribution is -2.54. The molecule has 1 atom stereocenters. The highest BCUT2D eigenvalue weighted by atomic mass is 35.5. The Kier molecular flexibility index (Phi) is 5.58. The number of likely N-dealkylation sites (tertiary alicyclic amines) is 1.